The quantitative estimate of drug-likeness (QED) is 0.779. The monoisotopic (exact) mass is 271 g/mol. The first-order valence-electron chi connectivity index (χ1n) is 6.44. The predicted molar refractivity (Wildman–Crippen MR) is 77.7 cm³/mol. The van der Waals surface area contributed by atoms with E-state index in [-0.39, 0.29) is 17.2 Å². The first-order chi connectivity index (χ1) is 9.70. The van der Waals surface area contributed by atoms with Gasteiger partial charge in [-0.3, -0.25) is 9.78 Å². The summed E-state index contributed by atoms with van der Waals surface area (Å²) in [5.41, 5.74) is 1.99. The number of nitrogens with zero attached hydrogens (tertiary/aromatic N) is 1. The molecule has 0 radical (unpaired) electrons. The third-order valence-electron chi connectivity index (χ3n) is 2.81. The molecule has 0 saturated heterocycles. The van der Waals surface area contributed by atoms with E-state index in [0.29, 0.717) is 5.69 Å². The molecule has 5 heteroatoms. The lowest BCUT2D eigenvalue weighted by molar-refractivity contribution is 0.102. The van der Waals surface area contributed by atoms with Gasteiger partial charge in [-0.2, -0.15) is 0 Å². The third kappa shape index (κ3) is 3.55. The molecule has 104 valence electrons. The molecule has 2 aromatic rings. The maximum absolute atomic E-state index is 12.0. The van der Waals surface area contributed by atoms with Gasteiger partial charge >= 0.3 is 0 Å². The van der Waals surface area contributed by atoms with E-state index < -0.39 is 0 Å². The second-order valence-electron chi connectivity index (χ2n) is 4.33. The lowest BCUT2D eigenvalue weighted by Crippen LogP contribution is -2.14. The molecule has 0 atom stereocenters. The molecule has 0 aliphatic rings. The highest BCUT2D eigenvalue weighted by atomic mass is 16.3. The summed E-state index contributed by atoms with van der Waals surface area (Å²) in [5.74, 6) is -0.487. The van der Waals surface area contributed by atoms with Gasteiger partial charge in [0, 0.05) is 18.4 Å². The van der Waals surface area contributed by atoms with Gasteiger partial charge in [0.15, 0.2) is 0 Å². The van der Waals surface area contributed by atoms with Gasteiger partial charge in [-0.05, 0) is 30.3 Å². The molecule has 0 saturated carbocycles. The van der Waals surface area contributed by atoms with Crippen molar-refractivity contribution in [2.75, 3.05) is 11.9 Å². The van der Waals surface area contributed by atoms with E-state index >= 15 is 0 Å². The first-order valence-corrected chi connectivity index (χ1v) is 6.44. The van der Waals surface area contributed by atoms with Crippen LogP contribution >= 0.6 is 0 Å². The molecule has 2 rings (SSSR count). The Kier molecular flexibility index (Phi) is 4.68. The smallest absolute Gasteiger partial charge is 0.259 e. The molecule has 0 aliphatic carbocycles. The van der Waals surface area contributed by atoms with Crippen molar-refractivity contribution in [2.24, 2.45) is 0 Å². The molecule has 5 nitrogen and oxygen atoms in total. The Labute approximate surface area is 117 Å². The van der Waals surface area contributed by atoms with Crippen LogP contribution in [0.2, 0.25) is 0 Å². The highest BCUT2D eigenvalue weighted by Crippen LogP contribution is 2.17. The number of hydrogen-bond donors (Lipinski definition) is 3. The van der Waals surface area contributed by atoms with E-state index in [1.807, 2.05) is 31.2 Å². The Hall–Kier alpha value is -2.40. The molecule has 0 fully saturated rings. The van der Waals surface area contributed by atoms with Crippen molar-refractivity contribution in [3.8, 4) is 5.75 Å². The number of anilines is 1. The predicted octanol–water partition coefficient (Wildman–Crippen LogP) is 2.15. The fraction of sp³-hybridized carbons (Fsp3) is 0.200. The highest BCUT2D eigenvalue weighted by Gasteiger charge is 2.10. The number of amides is 1. The van der Waals surface area contributed by atoms with Gasteiger partial charge in [0.1, 0.15) is 5.75 Å². The van der Waals surface area contributed by atoms with Crippen molar-refractivity contribution < 1.29 is 9.90 Å². The molecule has 20 heavy (non-hydrogen) atoms. The number of hydrogen-bond acceptors (Lipinski definition) is 4. The van der Waals surface area contributed by atoms with Crippen LogP contribution in [0.3, 0.4) is 0 Å². The summed E-state index contributed by atoms with van der Waals surface area (Å²) in [4.78, 5) is 15.8. The summed E-state index contributed by atoms with van der Waals surface area (Å²) in [6.07, 6.45) is 2.72. The molecule has 0 spiro atoms. The zero-order valence-electron chi connectivity index (χ0n) is 11.3. The van der Waals surface area contributed by atoms with E-state index in [1.54, 1.807) is 0 Å². The van der Waals surface area contributed by atoms with Crippen molar-refractivity contribution in [1.29, 1.82) is 0 Å². The van der Waals surface area contributed by atoms with Gasteiger partial charge < -0.3 is 15.7 Å². The van der Waals surface area contributed by atoms with Crippen LogP contribution in [0.25, 0.3) is 0 Å². The molecular formula is C15H17N3O2. The number of nitrogens with one attached hydrogen (secondary N) is 2. The second kappa shape index (κ2) is 6.68. The summed E-state index contributed by atoms with van der Waals surface area (Å²) in [6.45, 7) is 3.68. The number of aromatic nitrogens is 1. The Morgan fingerprint density at radius 1 is 1.35 bits per heavy atom. The molecule has 1 heterocycles. The standard InChI is InChI=1S/C15H17N3O2/c1-2-16-9-11-4-3-5-12(8-11)18-15(20)13-6-7-17-10-14(13)19/h3-8,10,16,19H,2,9H2,1H3,(H,18,20). The fourth-order valence-corrected chi connectivity index (χ4v) is 1.80. The van der Waals surface area contributed by atoms with Gasteiger partial charge in [0.2, 0.25) is 0 Å². The van der Waals surface area contributed by atoms with Crippen molar-refractivity contribution in [1.82, 2.24) is 10.3 Å². The van der Waals surface area contributed by atoms with Crippen LogP contribution < -0.4 is 10.6 Å². The molecule has 0 unspecified atom stereocenters. The summed E-state index contributed by atoms with van der Waals surface area (Å²) >= 11 is 0. The van der Waals surface area contributed by atoms with E-state index in [4.69, 9.17) is 0 Å². The van der Waals surface area contributed by atoms with Gasteiger partial charge in [-0.25, -0.2) is 0 Å². The number of aromatic hydroxyl groups is 1. The minimum absolute atomic E-state index is 0.131. The summed E-state index contributed by atoms with van der Waals surface area (Å²) in [6, 6.07) is 9.06. The van der Waals surface area contributed by atoms with Crippen LogP contribution in [0.1, 0.15) is 22.8 Å². The van der Waals surface area contributed by atoms with Crippen molar-refractivity contribution in [3.63, 3.8) is 0 Å². The Morgan fingerprint density at radius 2 is 2.20 bits per heavy atom. The average molecular weight is 271 g/mol. The Morgan fingerprint density at radius 3 is 2.95 bits per heavy atom. The van der Waals surface area contributed by atoms with E-state index in [1.165, 1.54) is 18.5 Å². The normalized spacial score (nSPS) is 10.2. The van der Waals surface area contributed by atoms with Crippen LogP contribution in [-0.2, 0) is 6.54 Å². The van der Waals surface area contributed by atoms with Crippen LogP contribution in [0.15, 0.2) is 42.7 Å². The molecule has 0 aliphatic heterocycles. The topological polar surface area (TPSA) is 74.2 Å². The molecule has 1 amide bonds. The first kappa shape index (κ1) is 14.0. The van der Waals surface area contributed by atoms with E-state index in [0.717, 1.165) is 18.7 Å². The molecular weight excluding hydrogens is 254 g/mol. The zero-order chi connectivity index (χ0) is 14.4. The van der Waals surface area contributed by atoms with E-state index in [2.05, 4.69) is 15.6 Å². The number of benzene rings is 1. The third-order valence-corrected chi connectivity index (χ3v) is 2.81. The van der Waals surface area contributed by atoms with Crippen molar-refractivity contribution in [3.05, 3.63) is 53.9 Å². The maximum Gasteiger partial charge on any atom is 0.259 e. The summed E-state index contributed by atoms with van der Waals surface area (Å²) in [5, 5.41) is 15.6. The minimum Gasteiger partial charge on any atom is -0.505 e. The zero-order valence-corrected chi connectivity index (χ0v) is 11.3. The van der Waals surface area contributed by atoms with Crippen LogP contribution in [0.4, 0.5) is 5.69 Å². The maximum atomic E-state index is 12.0. The largest absolute Gasteiger partial charge is 0.505 e. The molecule has 0 bridgehead atoms. The van der Waals surface area contributed by atoms with Crippen LogP contribution in [0.5, 0.6) is 5.75 Å². The van der Waals surface area contributed by atoms with Crippen molar-refractivity contribution >= 4 is 11.6 Å². The Balaban J connectivity index is 2.10. The molecule has 1 aromatic heterocycles. The number of pyridine rings is 1. The number of carbonyl (C=O) groups excluding carboxylic acids is 1. The highest BCUT2D eigenvalue weighted by molar-refractivity contribution is 6.05. The second-order valence-corrected chi connectivity index (χ2v) is 4.33. The molecule has 3 N–H and O–H groups in total. The summed E-state index contributed by atoms with van der Waals surface area (Å²) in [7, 11) is 0. The van der Waals surface area contributed by atoms with Crippen LogP contribution in [-0.4, -0.2) is 22.5 Å². The molecule has 1 aromatic carbocycles. The van der Waals surface area contributed by atoms with Gasteiger partial charge in [0.25, 0.3) is 5.91 Å². The fourth-order valence-electron chi connectivity index (χ4n) is 1.80. The minimum atomic E-state index is -0.356. The summed E-state index contributed by atoms with van der Waals surface area (Å²) < 4.78 is 0. The van der Waals surface area contributed by atoms with Gasteiger partial charge in [0.05, 0.1) is 11.8 Å². The Bertz CT molecular complexity index is 599. The lowest BCUT2D eigenvalue weighted by Gasteiger charge is -2.08. The SMILES string of the molecule is CCNCc1cccc(NC(=O)c2ccncc2O)c1. The number of rotatable bonds is 5. The average Bonchev–Trinajstić information content (AvgIpc) is 2.46. The van der Waals surface area contributed by atoms with E-state index in [9.17, 15) is 9.90 Å². The number of carbonyl (C=O) groups is 1. The van der Waals surface area contributed by atoms with Crippen LogP contribution in [0, 0.1) is 0 Å². The van der Waals surface area contributed by atoms with Gasteiger partial charge in [-0.15, -0.1) is 0 Å². The lowest BCUT2D eigenvalue weighted by atomic mass is 10.2. The van der Waals surface area contributed by atoms with Crippen molar-refractivity contribution in [2.45, 2.75) is 13.5 Å². The van der Waals surface area contributed by atoms with Gasteiger partial charge in [-0.1, -0.05) is 19.1 Å².